The van der Waals surface area contributed by atoms with Gasteiger partial charge < -0.3 is 20.1 Å². The number of fused-ring (bicyclic) bond motifs is 2. The second kappa shape index (κ2) is 7.23. The molecule has 0 bridgehead atoms. The summed E-state index contributed by atoms with van der Waals surface area (Å²) in [5.74, 6) is 1.44. The lowest BCUT2D eigenvalue weighted by molar-refractivity contribution is 0.0939. The average molecular weight is 361 g/mol. The van der Waals surface area contributed by atoms with Crippen molar-refractivity contribution in [1.82, 2.24) is 5.32 Å². The number of ether oxygens (including phenoxy) is 2. The van der Waals surface area contributed by atoms with Gasteiger partial charge in [-0.3, -0.25) is 4.79 Å². The van der Waals surface area contributed by atoms with E-state index in [0.29, 0.717) is 18.8 Å². The fraction of sp³-hybridized carbons (Fsp3) is 0.316. The van der Waals surface area contributed by atoms with Crippen LogP contribution in [0.1, 0.15) is 34.5 Å². The van der Waals surface area contributed by atoms with Crippen molar-refractivity contribution in [3.05, 3.63) is 53.1 Å². The number of carbonyl (C=O) groups excluding carboxylic acids is 1. The minimum absolute atomic E-state index is 0. The highest BCUT2D eigenvalue weighted by atomic mass is 35.5. The van der Waals surface area contributed by atoms with Crippen LogP contribution in [0.4, 0.5) is 5.69 Å². The summed E-state index contributed by atoms with van der Waals surface area (Å²) in [5, 5.41) is 6.36. The predicted molar refractivity (Wildman–Crippen MR) is 99.2 cm³/mol. The molecule has 132 valence electrons. The van der Waals surface area contributed by atoms with Gasteiger partial charge in [-0.05, 0) is 54.8 Å². The number of nitrogens with one attached hydrogen (secondary N) is 2. The van der Waals surface area contributed by atoms with Gasteiger partial charge in [-0.1, -0.05) is 6.07 Å². The Kier molecular flexibility index (Phi) is 5.04. The predicted octanol–water partition coefficient (Wildman–Crippen LogP) is 3.34. The van der Waals surface area contributed by atoms with Crippen molar-refractivity contribution < 1.29 is 14.3 Å². The topological polar surface area (TPSA) is 59.6 Å². The molecule has 2 heterocycles. The van der Waals surface area contributed by atoms with Crippen molar-refractivity contribution in [2.24, 2.45) is 0 Å². The second-order valence-corrected chi connectivity index (χ2v) is 6.15. The highest BCUT2D eigenvalue weighted by Gasteiger charge is 2.18. The lowest BCUT2D eigenvalue weighted by Crippen LogP contribution is -2.27. The molecule has 2 aromatic rings. The molecule has 5 nitrogen and oxygen atoms in total. The van der Waals surface area contributed by atoms with Crippen LogP contribution in [0.25, 0.3) is 0 Å². The fourth-order valence-electron chi connectivity index (χ4n) is 3.14. The average Bonchev–Trinajstić information content (AvgIpc) is 3.08. The molecule has 2 N–H and O–H groups in total. The summed E-state index contributed by atoms with van der Waals surface area (Å²) in [6, 6.07) is 11.5. The van der Waals surface area contributed by atoms with Crippen molar-refractivity contribution in [2.45, 2.75) is 19.4 Å². The van der Waals surface area contributed by atoms with E-state index >= 15 is 0 Å². The van der Waals surface area contributed by atoms with Crippen molar-refractivity contribution in [1.29, 1.82) is 0 Å². The third-order valence-corrected chi connectivity index (χ3v) is 4.49. The smallest absolute Gasteiger partial charge is 0.251 e. The van der Waals surface area contributed by atoms with Gasteiger partial charge >= 0.3 is 0 Å². The van der Waals surface area contributed by atoms with Gasteiger partial charge in [0, 0.05) is 17.8 Å². The summed E-state index contributed by atoms with van der Waals surface area (Å²) in [7, 11) is 0. The van der Waals surface area contributed by atoms with E-state index in [9.17, 15) is 4.79 Å². The molecule has 25 heavy (non-hydrogen) atoms. The van der Waals surface area contributed by atoms with Gasteiger partial charge in [0.05, 0.1) is 6.04 Å². The van der Waals surface area contributed by atoms with Crippen LogP contribution in [-0.4, -0.2) is 25.7 Å². The Morgan fingerprint density at radius 1 is 1.12 bits per heavy atom. The van der Waals surface area contributed by atoms with Crippen LogP contribution < -0.4 is 20.1 Å². The molecule has 0 aliphatic carbocycles. The molecule has 1 atom stereocenters. The molecular formula is C19H21ClN2O3. The monoisotopic (exact) mass is 360 g/mol. The summed E-state index contributed by atoms with van der Waals surface area (Å²) in [6.07, 6.45) is 0.966. The quantitative estimate of drug-likeness (QED) is 0.881. The summed E-state index contributed by atoms with van der Waals surface area (Å²) >= 11 is 0. The van der Waals surface area contributed by atoms with E-state index in [1.54, 1.807) is 0 Å². The molecule has 0 fully saturated rings. The summed E-state index contributed by atoms with van der Waals surface area (Å²) < 4.78 is 11.1. The van der Waals surface area contributed by atoms with Gasteiger partial charge in [0.25, 0.3) is 5.91 Å². The number of hydrogen-bond donors (Lipinski definition) is 2. The van der Waals surface area contributed by atoms with E-state index in [-0.39, 0.29) is 24.4 Å². The van der Waals surface area contributed by atoms with Crippen LogP contribution in [0.5, 0.6) is 11.5 Å². The summed E-state index contributed by atoms with van der Waals surface area (Å²) in [6.45, 7) is 4.04. The zero-order chi connectivity index (χ0) is 16.5. The third kappa shape index (κ3) is 3.51. The van der Waals surface area contributed by atoms with Gasteiger partial charge in [0.1, 0.15) is 13.2 Å². The number of benzene rings is 2. The molecule has 6 heteroatoms. The maximum Gasteiger partial charge on any atom is 0.251 e. The van der Waals surface area contributed by atoms with Gasteiger partial charge in [-0.15, -0.1) is 12.4 Å². The molecule has 0 spiro atoms. The Bertz CT molecular complexity index is 794. The largest absolute Gasteiger partial charge is 0.486 e. The van der Waals surface area contributed by atoms with Crippen LogP contribution in [0.3, 0.4) is 0 Å². The molecule has 0 radical (unpaired) electrons. The molecular weight excluding hydrogens is 340 g/mol. The molecule has 0 saturated heterocycles. The number of amides is 1. The first-order valence-electron chi connectivity index (χ1n) is 8.28. The van der Waals surface area contributed by atoms with E-state index in [1.165, 1.54) is 5.56 Å². The SMILES string of the molecule is CC(NC(=O)c1ccc2c(c1)CCN2)c1ccc2c(c1)OCCO2.Cl. The molecule has 0 saturated carbocycles. The molecule has 1 unspecified atom stereocenters. The Morgan fingerprint density at radius 3 is 2.76 bits per heavy atom. The number of hydrogen-bond acceptors (Lipinski definition) is 4. The van der Waals surface area contributed by atoms with Gasteiger partial charge in [0.2, 0.25) is 0 Å². The Morgan fingerprint density at radius 2 is 1.92 bits per heavy atom. The van der Waals surface area contributed by atoms with Gasteiger partial charge in [0.15, 0.2) is 11.5 Å². The molecule has 2 aliphatic heterocycles. The van der Waals surface area contributed by atoms with Crippen molar-refractivity contribution in [3.63, 3.8) is 0 Å². The third-order valence-electron chi connectivity index (χ3n) is 4.49. The molecule has 2 aromatic carbocycles. The van der Waals surface area contributed by atoms with Crippen molar-refractivity contribution in [2.75, 3.05) is 25.1 Å². The van der Waals surface area contributed by atoms with E-state index in [1.807, 2.05) is 43.3 Å². The maximum absolute atomic E-state index is 12.5. The van der Waals surface area contributed by atoms with Crippen LogP contribution >= 0.6 is 12.4 Å². The van der Waals surface area contributed by atoms with E-state index in [0.717, 1.165) is 35.7 Å². The normalized spacial score (nSPS) is 15.4. The Labute approximate surface area is 153 Å². The first-order chi connectivity index (χ1) is 11.7. The number of rotatable bonds is 3. The molecule has 4 rings (SSSR count). The standard InChI is InChI=1S/C19H20N2O3.ClH/c1-12(13-3-5-17-18(11-13)24-9-8-23-17)21-19(22)15-2-4-16-14(10-15)6-7-20-16;/h2-5,10-12,20H,6-9H2,1H3,(H,21,22);1H. The first kappa shape index (κ1) is 17.4. The lowest BCUT2D eigenvalue weighted by Gasteiger charge is -2.21. The van der Waals surface area contributed by atoms with Crippen LogP contribution in [0.15, 0.2) is 36.4 Å². The number of halogens is 1. The highest BCUT2D eigenvalue weighted by Crippen LogP contribution is 2.32. The van der Waals surface area contributed by atoms with Gasteiger partial charge in [-0.25, -0.2) is 0 Å². The van der Waals surface area contributed by atoms with Crippen molar-refractivity contribution >= 4 is 24.0 Å². The zero-order valence-electron chi connectivity index (χ0n) is 14.0. The Hall–Kier alpha value is -2.40. The number of anilines is 1. The number of carbonyl (C=O) groups is 1. The Balaban J connectivity index is 0.00000182. The van der Waals surface area contributed by atoms with Crippen LogP contribution in [0.2, 0.25) is 0 Å². The van der Waals surface area contributed by atoms with E-state index < -0.39 is 0 Å². The van der Waals surface area contributed by atoms with Crippen LogP contribution in [-0.2, 0) is 6.42 Å². The minimum Gasteiger partial charge on any atom is -0.486 e. The highest BCUT2D eigenvalue weighted by molar-refractivity contribution is 5.95. The fourth-order valence-corrected chi connectivity index (χ4v) is 3.14. The van der Waals surface area contributed by atoms with Gasteiger partial charge in [-0.2, -0.15) is 0 Å². The minimum atomic E-state index is -0.111. The molecule has 1 amide bonds. The summed E-state index contributed by atoms with van der Waals surface area (Å²) in [4.78, 5) is 12.5. The van der Waals surface area contributed by atoms with Crippen molar-refractivity contribution in [3.8, 4) is 11.5 Å². The zero-order valence-corrected chi connectivity index (χ0v) is 14.8. The first-order valence-corrected chi connectivity index (χ1v) is 8.28. The van der Waals surface area contributed by atoms with Crippen LogP contribution in [0, 0.1) is 0 Å². The van der Waals surface area contributed by atoms with E-state index in [2.05, 4.69) is 10.6 Å². The summed E-state index contributed by atoms with van der Waals surface area (Å²) in [5.41, 5.74) is 4.03. The lowest BCUT2D eigenvalue weighted by atomic mass is 10.1. The molecule has 0 aromatic heterocycles. The second-order valence-electron chi connectivity index (χ2n) is 6.15. The molecule has 2 aliphatic rings. The van der Waals surface area contributed by atoms with E-state index in [4.69, 9.17) is 9.47 Å². The maximum atomic E-state index is 12.5.